The molecular formula is C10H17NO. The number of aryl methyl sites for hydroxylation is 2. The van der Waals surface area contributed by atoms with Crippen molar-refractivity contribution in [2.75, 3.05) is 0 Å². The fourth-order valence-corrected chi connectivity index (χ4v) is 1.60. The fourth-order valence-electron chi connectivity index (χ4n) is 1.60. The van der Waals surface area contributed by atoms with Crippen LogP contribution in [0, 0.1) is 13.8 Å². The number of hydrogen-bond donors (Lipinski definition) is 0. The van der Waals surface area contributed by atoms with E-state index in [2.05, 4.69) is 18.8 Å². The van der Waals surface area contributed by atoms with Gasteiger partial charge in [-0.15, -0.1) is 0 Å². The van der Waals surface area contributed by atoms with Gasteiger partial charge in [-0.2, -0.15) is 0 Å². The first-order valence-electron chi connectivity index (χ1n) is 4.62. The Morgan fingerprint density at radius 1 is 1.25 bits per heavy atom. The van der Waals surface area contributed by atoms with Crippen LogP contribution in [0.15, 0.2) is 4.42 Å². The fraction of sp³-hybridized carbons (Fsp3) is 0.700. The van der Waals surface area contributed by atoms with Gasteiger partial charge in [-0.1, -0.05) is 13.8 Å². The van der Waals surface area contributed by atoms with Crippen molar-refractivity contribution in [3.8, 4) is 0 Å². The maximum absolute atomic E-state index is 5.39. The SMILES string of the molecule is CCC(CC)c1nc(C)oc1C. The first-order valence-corrected chi connectivity index (χ1v) is 4.62. The lowest BCUT2D eigenvalue weighted by Gasteiger charge is -2.08. The standard InChI is InChI=1S/C10H17NO/c1-5-9(6-2)10-7(3)12-8(4)11-10/h9H,5-6H2,1-4H3. The molecule has 0 saturated carbocycles. The summed E-state index contributed by atoms with van der Waals surface area (Å²) in [5.74, 6) is 2.35. The van der Waals surface area contributed by atoms with E-state index in [1.165, 1.54) is 0 Å². The zero-order valence-electron chi connectivity index (χ0n) is 8.35. The normalized spacial score (nSPS) is 11.1. The minimum Gasteiger partial charge on any atom is -0.446 e. The van der Waals surface area contributed by atoms with Crippen molar-refractivity contribution in [1.29, 1.82) is 0 Å². The number of nitrogens with zero attached hydrogens (tertiary/aromatic N) is 1. The molecule has 2 heteroatoms. The first kappa shape index (κ1) is 9.30. The monoisotopic (exact) mass is 167 g/mol. The molecule has 12 heavy (non-hydrogen) atoms. The number of hydrogen-bond acceptors (Lipinski definition) is 2. The van der Waals surface area contributed by atoms with E-state index in [1.54, 1.807) is 0 Å². The van der Waals surface area contributed by atoms with Crippen LogP contribution in [0.3, 0.4) is 0 Å². The zero-order chi connectivity index (χ0) is 9.14. The highest BCUT2D eigenvalue weighted by atomic mass is 16.4. The van der Waals surface area contributed by atoms with E-state index in [0.29, 0.717) is 5.92 Å². The molecule has 0 radical (unpaired) electrons. The largest absolute Gasteiger partial charge is 0.446 e. The van der Waals surface area contributed by atoms with Crippen LogP contribution in [0.1, 0.15) is 50.0 Å². The van der Waals surface area contributed by atoms with Crippen LogP contribution < -0.4 is 0 Å². The van der Waals surface area contributed by atoms with E-state index in [0.717, 1.165) is 30.2 Å². The van der Waals surface area contributed by atoms with Gasteiger partial charge in [-0.3, -0.25) is 0 Å². The van der Waals surface area contributed by atoms with Gasteiger partial charge in [0, 0.05) is 12.8 Å². The molecule has 1 aromatic rings. The van der Waals surface area contributed by atoms with Gasteiger partial charge in [0.25, 0.3) is 0 Å². The molecule has 2 nitrogen and oxygen atoms in total. The number of aromatic nitrogens is 1. The summed E-state index contributed by atoms with van der Waals surface area (Å²) in [4.78, 5) is 4.39. The van der Waals surface area contributed by atoms with E-state index in [-0.39, 0.29) is 0 Å². The van der Waals surface area contributed by atoms with E-state index < -0.39 is 0 Å². The molecule has 0 amide bonds. The number of rotatable bonds is 3. The zero-order valence-corrected chi connectivity index (χ0v) is 8.35. The topological polar surface area (TPSA) is 26.0 Å². The van der Waals surface area contributed by atoms with Crippen molar-refractivity contribution in [3.63, 3.8) is 0 Å². The van der Waals surface area contributed by atoms with Gasteiger partial charge in [-0.05, 0) is 19.8 Å². The molecule has 68 valence electrons. The van der Waals surface area contributed by atoms with Gasteiger partial charge in [0.1, 0.15) is 5.76 Å². The molecule has 0 bridgehead atoms. The lowest BCUT2D eigenvalue weighted by Crippen LogP contribution is -1.97. The Morgan fingerprint density at radius 2 is 1.83 bits per heavy atom. The predicted octanol–water partition coefficient (Wildman–Crippen LogP) is 3.20. The Balaban J connectivity index is 2.91. The summed E-state index contributed by atoms with van der Waals surface area (Å²) in [6, 6.07) is 0. The molecule has 0 atom stereocenters. The van der Waals surface area contributed by atoms with Crippen LogP contribution in [0.5, 0.6) is 0 Å². The van der Waals surface area contributed by atoms with Gasteiger partial charge in [0.2, 0.25) is 0 Å². The highest BCUT2D eigenvalue weighted by Crippen LogP contribution is 2.25. The molecule has 0 saturated heterocycles. The van der Waals surface area contributed by atoms with Crippen LogP contribution >= 0.6 is 0 Å². The van der Waals surface area contributed by atoms with Crippen LogP contribution in [-0.4, -0.2) is 4.98 Å². The minimum absolute atomic E-state index is 0.572. The van der Waals surface area contributed by atoms with Crippen molar-refractivity contribution in [2.24, 2.45) is 0 Å². The highest BCUT2D eigenvalue weighted by Gasteiger charge is 2.14. The maximum Gasteiger partial charge on any atom is 0.191 e. The van der Waals surface area contributed by atoms with Crippen LogP contribution in [0.25, 0.3) is 0 Å². The first-order chi connectivity index (χ1) is 5.69. The average Bonchev–Trinajstić information content (AvgIpc) is 2.34. The van der Waals surface area contributed by atoms with E-state index >= 15 is 0 Å². The molecular weight excluding hydrogens is 150 g/mol. The Morgan fingerprint density at radius 3 is 2.17 bits per heavy atom. The van der Waals surface area contributed by atoms with Crippen molar-refractivity contribution in [2.45, 2.75) is 46.5 Å². The Bertz CT molecular complexity index is 248. The van der Waals surface area contributed by atoms with Gasteiger partial charge >= 0.3 is 0 Å². The number of oxazole rings is 1. The molecule has 0 spiro atoms. The summed E-state index contributed by atoms with van der Waals surface area (Å²) in [6.07, 6.45) is 2.28. The molecule has 0 aliphatic rings. The quantitative estimate of drug-likeness (QED) is 0.691. The summed E-state index contributed by atoms with van der Waals surface area (Å²) < 4.78 is 5.39. The Hall–Kier alpha value is -0.790. The summed E-state index contributed by atoms with van der Waals surface area (Å²) in [5.41, 5.74) is 1.15. The molecule has 0 fully saturated rings. The molecule has 0 N–H and O–H groups in total. The van der Waals surface area contributed by atoms with Crippen molar-refractivity contribution in [1.82, 2.24) is 4.98 Å². The van der Waals surface area contributed by atoms with E-state index in [1.807, 2.05) is 13.8 Å². The van der Waals surface area contributed by atoms with Crippen molar-refractivity contribution >= 4 is 0 Å². The highest BCUT2D eigenvalue weighted by molar-refractivity contribution is 5.13. The van der Waals surface area contributed by atoms with Gasteiger partial charge in [0.05, 0.1) is 5.69 Å². The van der Waals surface area contributed by atoms with Crippen LogP contribution in [0.2, 0.25) is 0 Å². The third-order valence-corrected chi connectivity index (χ3v) is 2.31. The second kappa shape index (κ2) is 3.74. The summed E-state index contributed by atoms with van der Waals surface area (Å²) in [5, 5.41) is 0. The van der Waals surface area contributed by atoms with Crippen LogP contribution in [-0.2, 0) is 0 Å². The van der Waals surface area contributed by atoms with Gasteiger partial charge in [-0.25, -0.2) is 4.98 Å². The molecule has 1 rings (SSSR count). The summed E-state index contributed by atoms with van der Waals surface area (Å²) in [6.45, 7) is 8.28. The second-order valence-corrected chi connectivity index (χ2v) is 3.19. The molecule has 1 heterocycles. The van der Waals surface area contributed by atoms with E-state index in [4.69, 9.17) is 4.42 Å². The van der Waals surface area contributed by atoms with Crippen molar-refractivity contribution < 1.29 is 4.42 Å². The minimum atomic E-state index is 0.572. The van der Waals surface area contributed by atoms with Crippen molar-refractivity contribution in [3.05, 3.63) is 17.3 Å². The Kier molecular flexibility index (Phi) is 2.90. The molecule has 0 aliphatic heterocycles. The predicted molar refractivity (Wildman–Crippen MR) is 49.3 cm³/mol. The molecule has 1 aromatic heterocycles. The van der Waals surface area contributed by atoms with Crippen LogP contribution in [0.4, 0.5) is 0 Å². The molecule has 0 aromatic carbocycles. The smallest absolute Gasteiger partial charge is 0.191 e. The van der Waals surface area contributed by atoms with Gasteiger partial charge in [0.15, 0.2) is 5.89 Å². The Labute approximate surface area is 74.0 Å². The lowest BCUT2D eigenvalue weighted by molar-refractivity contribution is 0.489. The summed E-state index contributed by atoms with van der Waals surface area (Å²) >= 11 is 0. The lowest BCUT2D eigenvalue weighted by atomic mass is 9.99. The summed E-state index contributed by atoms with van der Waals surface area (Å²) in [7, 11) is 0. The molecule has 0 unspecified atom stereocenters. The average molecular weight is 167 g/mol. The third kappa shape index (κ3) is 1.68. The second-order valence-electron chi connectivity index (χ2n) is 3.19. The third-order valence-electron chi connectivity index (χ3n) is 2.31. The van der Waals surface area contributed by atoms with Gasteiger partial charge < -0.3 is 4.42 Å². The van der Waals surface area contributed by atoms with E-state index in [9.17, 15) is 0 Å². The maximum atomic E-state index is 5.39. The molecule has 0 aliphatic carbocycles.